The first-order valence-electron chi connectivity index (χ1n) is 5.14. The first-order valence-corrected chi connectivity index (χ1v) is 5.90. The van der Waals surface area contributed by atoms with Crippen molar-refractivity contribution in [3.63, 3.8) is 0 Å². The number of hydrogen-bond donors (Lipinski definition) is 0. The largest absolute Gasteiger partial charge is 0.341 e. The van der Waals surface area contributed by atoms with Gasteiger partial charge in [-0.05, 0) is 24.8 Å². The lowest BCUT2D eigenvalue weighted by Gasteiger charge is -2.16. The summed E-state index contributed by atoms with van der Waals surface area (Å²) in [6.45, 7) is 0.805. The number of nitrogens with zero attached hydrogens (tertiary/aromatic N) is 2. The maximum Gasteiger partial charge on any atom is 0.255 e. The predicted octanol–water partition coefficient (Wildman–Crippen LogP) is 2.87. The van der Waals surface area contributed by atoms with Gasteiger partial charge in [-0.25, -0.2) is 4.98 Å². The quantitative estimate of drug-likeness (QED) is 0.782. The molecule has 1 aromatic heterocycles. The Kier molecular flexibility index (Phi) is 3.36. The van der Waals surface area contributed by atoms with E-state index in [2.05, 4.69) is 4.98 Å². The molecule has 1 amide bonds. The Labute approximate surface area is 104 Å². The molecule has 1 heterocycles. The number of halogens is 2. The second-order valence-electron chi connectivity index (χ2n) is 4.13. The summed E-state index contributed by atoms with van der Waals surface area (Å²) in [5, 5.41) is 0.537. The molecule has 0 saturated heterocycles. The van der Waals surface area contributed by atoms with E-state index in [1.807, 2.05) is 0 Å². The summed E-state index contributed by atoms with van der Waals surface area (Å²) in [7, 11) is 1.79. The standard InChI is InChI=1S/C11H12Cl2N2O/c1-15(6-7-2-3-7)11(16)8-4-9(12)10(13)14-5-8/h4-5,7H,2-3,6H2,1H3. The van der Waals surface area contributed by atoms with Crippen molar-refractivity contribution in [1.29, 1.82) is 0 Å². The van der Waals surface area contributed by atoms with Gasteiger partial charge in [0.25, 0.3) is 5.91 Å². The highest BCUT2D eigenvalue weighted by Gasteiger charge is 2.25. The molecule has 1 saturated carbocycles. The van der Waals surface area contributed by atoms with E-state index < -0.39 is 0 Å². The van der Waals surface area contributed by atoms with Gasteiger partial charge in [-0.15, -0.1) is 0 Å². The monoisotopic (exact) mass is 258 g/mol. The summed E-state index contributed by atoms with van der Waals surface area (Å²) in [6, 6.07) is 1.56. The Balaban J connectivity index is 2.09. The Hall–Kier alpha value is -0.800. The van der Waals surface area contributed by atoms with E-state index in [1.54, 1.807) is 18.0 Å². The van der Waals surface area contributed by atoms with Crippen LogP contribution >= 0.6 is 23.2 Å². The zero-order valence-corrected chi connectivity index (χ0v) is 10.4. The Morgan fingerprint density at radius 2 is 2.25 bits per heavy atom. The third kappa shape index (κ3) is 2.66. The minimum Gasteiger partial charge on any atom is -0.341 e. The van der Waals surface area contributed by atoms with Gasteiger partial charge in [-0.1, -0.05) is 23.2 Å². The molecular formula is C11H12Cl2N2O. The molecule has 0 unspecified atom stereocenters. The molecule has 5 heteroatoms. The van der Waals surface area contributed by atoms with Crippen molar-refractivity contribution in [2.24, 2.45) is 5.92 Å². The first-order chi connectivity index (χ1) is 7.58. The van der Waals surface area contributed by atoms with Crippen molar-refractivity contribution in [2.45, 2.75) is 12.8 Å². The molecule has 0 aliphatic heterocycles. The second-order valence-corrected chi connectivity index (χ2v) is 4.89. The maximum absolute atomic E-state index is 12.0. The fraction of sp³-hybridized carbons (Fsp3) is 0.455. The van der Waals surface area contributed by atoms with Crippen LogP contribution in [0.3, 0.4) is 0 Å². The first kappa shape index (κ1) is 11.7. The van der Waals surface area contributed by atoms with Crippen LogP contribution in [0.5, 0.6) is 0 Å². The van der Waals surface area contributed by atoms with E-state index in [0.717, 1.165) is 6.54 Å². The van der Waals surface area contributed by atoms with Crippen LogP contribution in [0.2, 0.25) is 10.2 Å². The molecule has 1 aliphatic carbocycles. The highest BCUT2D eigenvalue weighted by molar-refractivity contribution is 6.41. The zero-order chi connectivity index (χ0) is 11.7. The van der Waals surface area contributed by atoms with Gasteiger partial charge < -0.3 is 4.90 Å². The van der Waals surface area contributed by atoms with Gasteiger partial charge in [0, 0.05) is 19.8 Å². The third-order valence-corrected chi connectivity index (χ3v) is 3.30. The molecule has 0 N–H and O–H groups in total. The molecule has 0 atom stereocenters. The second kappa shape index (κ2) is 4.60. The normalized spacial score (nSPS) is 14.9. The fourth-order valence-electron chi connectivity index (χ4n) is 1.53. The number of carbonyl (C=O) groups is 1. The summed E-state index contributed by atoms with van der Waals surface area (Å²) in [5.74, 6) is 0.614. The molecule has 86 valence electrons. The van der Waals surface area contributed by atoms with Crippen LogP contribution in [0.4, 0.5) is 0 Å². The molecule has 16 heavy (non-hydrogen) atoms. The average Bonchev–Trinajstić information content (AvgIpc) is 3.05. The Morgan fingerprint density at radius 3 is 2.81 bits per heavy atom. The van der Waals surface area contributed by atoms with Crippen LogP contribution in [-0.4, -0.2) is 29.4 Å². The lowest BCUT2D eigenvalue weighted by Crippen LogP contribution is -2.28. The van der Waals surface area contributed by atoms with Crippen LogP contribution in [0, 0.1) is 5.92 Å². The summed E-state index contributed by atoms with van der Waals surface area (Å²) >= 11 is 11.5. The van der Waals surface area contributed by atoms with Crippen LogP contribution in [0.25, 0.3) is 0 Å². The third-order valence-electron chi connectivity index (χ3n) is 2.62. The number of amides is 1. The zero-order valence-electron chi connectivity index (χ0n) is 8.91. The predicted molar refractivity (Wildman–Crippen MR) is 63.9 cm³/mol. The van der Waals surface area contributed by atoms with E-state index in [9.17, 15) is 4.79 Å². The van der Waals surface area contributed by atoms with E-state index in [-0.39, 0.29) is 11.1 Å². The van der Waals surface area contributed by atoms with E-state index in [1.165, 1.54) is 19.0 Å². The SMILES string of the molecule is CN(CC1CC1)C(=O)c1cnc(Cl)c(Cl)c1. The van der Waals surface area contributed by atoms with Crippen LogP contribution in [-0.2, 0) is 0 Å². The highest BCUT2D eigenvalue weighted by atomic mass is 35.5. The average molecular weight is 259 g/mol. The van der Waals surface area contributed by atoms with Crippen molar-refractivity contribution in [1.82, 2.24) is 9.88 Å². The van der Waals surface area contributed by atoms with Gasteiger partial charge >= 0.3 is 0 Å². The smallest absolute Gasteiger partial charge is 0.255 e. The van der Waals surface area contributed by atoms with Gasteiger partial charge in [0.05, 0.1) is 10.6 Å². The van der Waals surface area contributed by atoms with Gasteiger partial charge in [0.1, 0.15) is 5.15 Å². The lowest BCUT2D eigenvalue weighted by atomic mass is 10.2. The van der Waals surface area contributed by atoms with Crippen LogP contribution in [0.1, 0.15) is 23.2 Å². The molecule has 3 nitrogen and oxygen atoms in total. The Morgan fingerprint density at radius 1 is 1.56 bits per heavy atom. The molecule has 1 aliphatic rings. The number of pyridine rings is 1. The molecule has 0 spiro atoms. The lowest BCUT2D eigenvalue weighted by molar-refractivity contribution is 0.0788. The van der Waals surface area contributed by atoms with Crippen LogP contribution < -0.4 is 0 Å². The number of hydrogen-bond acceptors (Lipinski definition) is 2. The van der Waals surface area contributed by atoms with Gasteiger partial charge in [0.15, 0.2) is 0 Å². The number of aromatic nitrogens is 1. The van der Waals surface area contributed by atoms with Gasteiger partial charge in [0.2, 0.25) is 0 Å². The van der Waals surface area contributed by atoms with Crippen molar-refractivity contribution in [3.8, 4) is 0 Å². The minimum atomic E-state index is -0.0574. The van der Waals surface area contributed by atoms with Crippen molar-refractivity contribution < 1.29 is 4.79 Å². The molecule has 0 radical (unpaired) electrons. The van der Waals surface area contributed by atoms with E-state index >= 15 is 0 Å². The van der Waals surface area contributed by atoms with Crippen molar-refractivity contribution >= 4 is 29.1 Å². The molecule has 0 aromatic carbocycles. The Bertz CT molecular complexity index is 418. The molecule has 0 bridgehead atoms. The molecule has 1 aromatic rings. The van der Waals surface area contributed by atoms with Crippen molar-refractivity contribution in [2.75, 3.05) is 13.6 Å². The van der Waals surface area contributed by atoms with E-state index in [0.29, 0.717) is 16.5 Å². The van der Waals surface area contributed by atoms with E-state index in [4.69, 9.17) is 23.2 Å². The maximum atomic E-state index is 12.0. The molecule has 1 fully saturated rings. The number of rotatable bonds is 3. The summed E-state index contributed by atoms with van der Waals surface area (Å²) in [5.41, 5.74) is 0.484. The van der Waals surface area contributed by atoms with Gasteiger partial charge in [-0.3, -0.25) is 4.79 Å². The number of carbonyl (C=O) groups excluding carboxylic acids is 1. The van der Waals surface area contributed by atoms with Gasteiger partial charge in [-0.2, -0.15) is 0 Å². The summed E-state index contributed by atoms with van der Waals surface area (Å²) in [6.07, 6.45) is 3.90. The molecular weight excluding hydrogens is 247 g/mol. The molecule has 2 rings (SSSR count). The minimum absolute atomic E-state index is 0.0574. The topological polar surface area (TPSA) is 33.2 Å². The fourth-order valence-corrected chi connectivity index (χ4v) is 1.80. The van der Waals surface area contributed by atoms with Crippen LogP contribution in [0.15, 0.2) is 12.3 Å². The van der Waals surface area contributed by atoms with Crippen molar-refractivity contribution in [3.05, 3.63) is 28.0 Å². The summed E-state index contributed by atoms with van der Waals surface area (Å²) < 4.78 is 0. The summed E-state index contributed by atoms with van der Waals surface area (Å²) in [4.78, 5) is 17.5. The highest BCUT2D eigenvalue weighted by Crippen LogP contribution is 2.29.